The molecule has 13 heavy (non-hydrogen) atoms. The number of halogens is 1. The van der Waals surface area contributed by atoms with Crippen LogP contribution in [-0.2, 0) is 4.79 Å². The summed E-state index contributed by atoms with van der Waals surface area (Å²) in [7, 11) is 0. The summed E-state index contributed by atoms with van der Waals surface area (Å²) >= 11 is 3.23. The van der Waals surface area contributed by atoms with Crippen LogP contribution in [0.15, 0.2) is 0 Å². The van der Waals surface area contributed by atoms with Gasteiger partial charge in [-0.1, -0.05) is 32.4 Å². The Kier molecular flexibility index (Phi) is 3.68. The van der Waals surface area contributed by atoms with E-state index in [0.717, 1.165) is 11.8 Å². The van der Waals surface area contributed by atoms with Gasteiger partial charge >= 0.3 is 4.70 Å². The van der Waals surface area contributed by atoms with Gasteiger partial charge in [0.15, 0.2) is 0 Å². The van der Waals surface area contributed by atoms with Gasteiger partial charge in [-0.2, -0.15) is 0 Å². The van der Waals surface area contributed by atoms with Crippen LogP contribution in [0.3, 0.4) is 0 Å². The summed E-state index contributed by atoms with van der Waals surface area (Å²) in [6, 6.07) is 0. The zero-order chi connectivity index (χ0) is 10.2. The molecule has 1 aliphatic rings. The zero-order valence-corrected chi connectivity index (χ0v) is 10.8. The lowest BCUT2D eigenvalue weighted by Crippen LogP contribution is -2.39. The summed E-state index contributed by atoms with van der Waals surface area (Å²) in [6.07, 6.45) is 0. The highest BCUT2D eigenvalue weighted by molar-refractivity contribution is 14.1. The molecule has 72 valence electrons. The summed E-state index contributed by atoms with van der Waals surface area (Å²) in [5, 5.41) is -0.282. The minimum atomic E-state index is -0.176. The standard InChI is InChI=1S/C7H11BINO2S/c1-4(2)5-6(11)10(8(3)9)7(12)13-5/h4-5H,1-3H3. The van der Waals surface area contributed by atoms with Gasteiger partial charge < -0.3 is 4.81 Å². The predicted octanol–water partition coefficient (Wildman–Crippen LogP) is 2.26. The minimum Gasteiger partial charge on any atom is -0.308 e. The predicted molar refractivity (Wildman–Crippen MR) is 64.1 cm³/mol. The first-order chi connectivity index (χ1) is 5.95. The lowest BCUT2D eigenvalue weighted by Gasteiger charge is -2.15. The maximum Gasteiger partial charge on any atom is 0.336 e. The van der Waals surface area contributed by atoms with E-state index in [1.54, 1.807) is 0 Å². The molecule has 1 atom stereocenters. The van der Waals surface area contributed by atoms with Gasteiger partial charge in [0.25, 0.3) is 5.24 Å². The van der Waals surface area contributed by atoms with Crippen LogP contribution in [0.1, 0.15) is 13.8 Å². The highest BCUT2D eigenvalue weighted by Crippen LogP contribution is 2.33. The molecule has 1 saturated heterocycles. The second kappa shape index (κ2) is 4.21. The number of hydrogen-bond donors (Lipinski definition) is 0. The van der Waals surface area contributed by atoms with Gasteiger partial charge in [0.1, 0.15) is 0 Å². The van der Waals surface area contributed by atoms with E-state index >= 15 is 0 Å². The van der Waals surface area contributed by atoms with Crippen molar-refractivity contribution in [3.05, 3.63) is 0 Å². The quantitative estimate of drug-likeness (QED) is 0.580. The molecular formula is C7H11BINO2S. The molecule has 0 aliphatic carbocycles. The molecule has 1 rings (SSSR count). The van der Waals surface area contributed by atoms with E-state index in [4.69, 9.17) is 0 Å². The van der Waals surface area contributed by atoms with Crippen LogP contribution in [0.25, 0.3) is 0 Å². The summed E-state index contributed by atoms with van der Waals surface area (Å²) in [5.41, 5.74) is 0. The highest BCUT2D eigenvalue weighted by Gasteiger charge is 2.43. The number of nitrogens with zero attached hydrogens (tertiary/aromatic N) is 1. The SMILES string of the molecule is CB(I)N1C(=O)SC(C(C)C)C1=O. The molecule has 1 aliphatic heterocycles. The molecule has 0 N–H and O–H groups in total. The van der Waals surface area contributed by atoms with Crippen molar-refractivity contribution < 1.29 is 9.59 Å². The van der Waals surface area contributed by atoms with E-state index in [1.807, 2.05) is 20.7 Å². The molecule has 2 amide bonds. The van der Waals surface area contributed by atoms with Crippen molar-refractivity contribution in [3.63, 3.8) is 0 Å². The van der Waals surface area contributed by atoms with Crippen LogP contribution in [0.4, 0.5) is 4.79 Å². The largest absolute Gasteiger partial charge is 0.336 e. The third-order valence-electron chi connectivity index (χ3n) is 1.87. The molecule has 1 fully saturated rings. The van der Waals surface area contributed by atoms with Crippen molar-refractivity contribution in [2.45, 2.75) is 25.9 Å². The Hall–Kier alpha value is 0.285. The molecule has 0 radical (unpaired) electrons. The molecular weight excluding hydrogens is 300 g/mol. The second-order valence-electron chi connectivity index (χ2n) is 3.33. The average molecular weight is 311 g/mol. The fourth-order valence-electron chi connectivity index (χ4n) is 1.18. The summed E-state index contributed by atoms with van der Waals surface area (Å²) in [5.74, 6) is 0.188. The Morgan fingerprint density at radius 2 is 2.08 bits per heavy atom. The van der Waals surface area contributed by atoms with Crippen LogP contribution in [0.2, 0.25) is 6.82 Å². The van der Waals surface area contributed by atoms with Gasteiger partial charge in [-0.05, 0) is 5.92 Å². The molecule has 0 bridgehead atoms. The fourth-order valence-corrected chi connectivity index (χ4v) is 2.97. The lowest BCUT2D eigenvalue weighted by atomic mass is 9.94. The van der Waals surface area contributed by atoms with Gasteiger partial charge in [-0.15, -0.1) is 22.4 Å². The monoisotopic (exact) mass is 311 g/mol. The van der Waals surface area contributed by atoms with E-state index in [-0.39, 0.29) is 27.0 Å². The van der Waals surface area contributed by atoms with Crippen LogP contribution >= 0.6 is 34.1 Å². The van der Waals surface area contributed by atoms with Gasteiger partial charge in [-0.3, -0.25) is 9.59 Å². The maximum absolute atomic E-state index is 11.7. The number of rotatable bonds is 2. The molecule has 0 aromatic rings. The Morgan fingerprint density at radius 3 is 2.31 bits per heavy atom. The normalized spacial score (nSPS) is 23.2. The average Bonchev–Trinajstić information content (AvgIpc) is 2.26. The minimum absolute atomic E-state index is 0.0353. The molecule has 0 saturated carbocycles. The molecule has 0 aromatic carbocycles. The molecule has 0 aromatic heterocycles. The van der Waals surface area contributed by atoms with Crippen molar-refractivity contribution in [2.75, 3.05) is 0 Å². The molecule has 1 heterocycles. The van der Waals surface area contributed by atoms with Crippen molar-refractivity contribution in [1.29, 1.82) is 0 Å². The van der Waals surface area contributed by atoms with Crippen molar-refractivity contribution in [2.24, 2.45) is 5.92 Å². The van der Waals surface area contributed by atoms with E-state index in [1.165, 1.54) is 4.81 Å². The molecule has 0 spiro atoms. The van der Waals surface area contributed by atoms with Crippen molar-refractivity contribution in [1.82, 2.24) is 4.81 Å². The van der Waals surface area contributed by atoms with E-state index in [0.29, 0.717) is 0 Å². The molecule has 3 nitrogen and oxygen atoms in total. The Bertz CT molecular complexity index is 247. The Labute approximate surface area is 96.0 Å². The third-order valence-corrected chi connectivity index (χ3v) is 3.82. The Morgan fingerprint density at radius 1 is 1.54 bits per heavy atom. The maximum atomic E-state index is 11.7. The fraction of sp³-hybridized carbons (Fsp3) is 0.714. The summed E-state index contributed by atoms with van der Waals surface area (Å²) in [4.78, 5) is 24.4. The van der Waals surface area contributed by atoms with Crippen LogP contribution in [0, 0.1) is 5.92 Å². The lowest BCUT2D eigenvalue weighted by molar-refractivity contribution is -0.124. The number of imide groups is 1. The first-order valence-corrected chi connectivity index (χ1v) is 6.25. The second-order valence-corrected chi connectivity index (χ2v) is 6.23. The van der Waals surface area contributed by atoms with Crippen LogP contribution in [-0.4, -0.2) is 25.9 Å². The van der Waals surface area contributed by atoms with Gasteiger partial charge in [0.2, 0.25) is 5.91 Å². The number of hydrogen-bond acceptors (Lipinski definition) is 3. The number of amides is 2. The molecule has 1 unspecified atom stereocenters. The van der Waals surface area contributed by atoms with Gasteiger partial charge in [0.05, 0.1) is 5.25 Å². The first kappa shape index (κ1) is 11.4. The van der Waals surface area contributed by atoms with Gasteiger partial charge in [-0.25, -0.2) is 0 Å². The smallest absolute Gasteiger partial charge is 0.308 e. The Balaban J connectivity index is 2.82. The van der Waals surface area contributed by atoms with Crippen molar-refractivity contribution in [3.8, 4) is 0 Å². The number of carbonyl (C=O) groups excluding carboxylic acids is 2. The first-order valence-electron chi connectivity index (χ1n) is 4.13. The number of carbonyl (C=O) groups is 2. The van der Waals surface area contributed by atoms with E-state index in [9.17, 15) is 9.59 Å². The van der Waals surface area contributed by atoms with E-state index < -0.39 is 0 Å². The van der Waals surface area contributed by atoms with Crippen LogP contribution < -0.4 is 0 Å². The number of thioether (sulfide) groups is 1. The topological polar surface area (TPSA) is 37.4 Å². The highest BCUT2D eigenvalue weighted by atomic mass is 127. The molecule has 6 heteroatoms. The van der Waals surface area contributed by atoms with Crippen molar-refractivity contribution >= 4 is 50.0 Å². The zero-order valence-electron chi connectivity index (χ0n) is 7.78. The summed E-state index contributed by atoms with van der Waals surface area (Å²) < 4.78 is -0.0474. The summed E-state index contributed by atoms with van der Waals surface area (Å²) in [6.45, 7) is 5.77. The van der Waals surface area contributed by atoms with Gasteiger partial charge in [0, 0.05) is 0 Å². The van der Waals surface area contributed by atoms with E-state index in [2.05, 4.69) is 22.4 Å². The van der Waals surface area contributed by atoms with Crippen LogP contribution in [0.5, 0.6) is 0 Å². The third kappa shape index (κ3) is 2.20.